The molecule has 0 saturated heterocycles. The van der Waals surface area contributed by atoms with Crippen molar-refractivity contribution in [1.82, 2.24) is 0 Å². The molecule has 1 N–H and O–H groups in total. The number of sulfone groups is 1. The van der Waals surface area contributed by atoms with E-state index in [2.05, 4.69) is 0 Å². The zero-order valence-electron chi connectivity index (χ0n) is 10.4. The first-order chi connectivity index (χ1) is 8.88. The van der Waals surface area contributed by atoms with Gasteiger partial charge >= 0.3 is 5.97 Å². The number of carboxylic acid groups (broad SMARTS) is 1. The Balaban J connectivity index is 2.89. The van der Waals surface area contributed by atoms with E-state index >= 15 is 0 Å². The quantitative estimate of drug-likeness (QED) is 0.611. The average Bonchev–Trinajstić information content (AvgIpc) is 2.34. The summed E-state index contributed by atoms with van der Waals surface area (Å²) in [5.74, 6) is -2.57. The zero-order valence-corrected chi connectivity index (χ0v) is 11.2. The standard InChI is InChI=1S/C12H15FO5S/c1-18-6-2-3-7-19(16,17)9-4-5-11(13)10(8-9)12(14)15/h4-5,8H,2-3,6-7H2,1H3,(H,14,15). The Morgan fingerprint density at radius 1 is 1.37 bits per heavy atom. The predicted molar refractivity (Wildman–Crippen MR) is 66.5 cm³/mol. The number of ether oxygens (including phenoxy) is 1. The lowest BCUT2D eigenvalue weighted by Crippen LogP contribution is -2.10. The van der Waals surface area contributed by atoms with Crippen molar-refractivity contribution in [3.8, 4) is 0 Å². The molecule has 0 radical (unpaired) electrons. The van der Waals surface area contributed by atoms with Gasteiger partial charge in [-0.2, -0.15) is 0 Å². The molecular weight excluding hydrogens is 275 g/mol. The highest BCUT2D eigenvalue weighted by Crippen LogP contribution is 2.17. The van der Waals surface area contributed by atoms with Gasteiger partial charge in [0.2, 0.25) is 0 Å². The molecule has 106 valence electrons. The van der Waals surface area contributed by atoms with Gasteiger partial charge in [-0.05, 0) is 31.0 Å². The van der Waals surface area contributed by atoms with Crippen LogP contribution in [0.3, 0.4) is 0 Å². The Bertz CT molecular complexity index is 553. The Labute approximate surface area is 110 Å². The lowest BCUT2D eigenvalue weighted by Gasteiger charge is -2.06. The Kier molecular flexibility index (Phi) is 5.44. The second-order valence-corrected chi connectivity index (χ2v) is 6.07. The number of rotatable bonds is 7. The van der Waals surface area contributed by atoms with E-state index in [9.17, 15) is 17.6 Å². The van der Waals surface area contributed by atoms with Gasteiger partial charge in [0.15, 0.2) is 9.84 Å². The Hall–Kier alpha value is -1.47. The van der Waals surface area contributed by atoms with Gasteiger partial charge < -0.3 is 9.84 Å². The fraction of sp³-hybridized carbons (Fsp3) is 0.417. The zero-order chi connectivity index (χ0) is 14.5. The highest BCUT2D eigenvalue weighted by atomic mass is 32.2. The fourth-order valence-corrected chi connectivity index (χ4v) is 2.91. The molecule has 0 aliphatic heterocycles. The van der Waals surface area contributed by atoms with Crippen molar-refractivity contribution in [3.63, 3.8) is 0 Å². The van der Waals surface area contributed by atoms with Crippen LogP contribution in [-0.2, 0) is 14.6 Å². The largest absolute Gasteiger partial charge is 0.478 e. The maximum Gasteiger partial charge on any atom is 0.338 e. The van der Waals surface area contributed by atoms with Crippen molar-refractivity contribution < 1.29 is 27.4 Å². The second-order valence-electron chi connectivity index (χ2n) is 3.97. The van der Waals surface area contributed by atoms with Gasteiger partial charge in [0, 0.05) is 13.7 Å². The van der Waals surface area contributed by atoms with Crippen molar-refractivity contribution in [1.29, 1.82) is 0 Å². The van der Waals surface area contributed by atoms with Crippen LogP contribution < -0.4 is 0 Å². The van der Waals surface area contributed by atoms with E-state index in [1.54, 1.807) is 0 Å². The smallest absolute Gasteiger partial charge is 0.338 e. The molecule has 0 heterocycles. The Morgan fingerprint density at radius 2 is 2.05 bits per heavy atom. The fourth-order valence-electron chi connectivity index (χ4n) is 1.52. The third-order valence-corrected chi connectivity index (χ3v) is 4.34. The first-order valence-electron chi connectivity index (χ1n) is 5.63. The molecule has 0 atom stereocenters. The van der Waals surface area contributed by atoms with Gasteiger partial charge in [-0.25, -0.2) is 17.6 Å². The molecule has 0 spiro atoms. The van der Waals surface area contributed by atoms with E-state index in [4.69, 9.17) is 9.84 Å². The van der Waals surface area contributed by atoms with E-state index in [1.165, 1.54) is 7.11 Å². The number of carboxylic acids is 1. The van der Waals surface area contributed by atoms with Gasteiger partial charge in [0.1, 0.15) is 5.82 Å². The molecule has 0 unspecified atom stereocenters. The van der Waals surface area contributed by atoms with Crippen molar-refractivity contribution in [3.05, 3.63) is 29.6 Å². The molecule has 0 aliphatic rings. The second kappa shape index (κ2) is 6.63. The normalized spacial score (nSPS) is 11.5. The molecule has 1 aromatic rings. The lowest BCUT2D eigenvalue weighted by molar-refractivity contribution is 0.0691. The lowest BCUT2D eigenvalue weighted by atomic mass is 10.2. The molecule has 19 heavy (non-hydrogen) atoms. The molecular formula is C12H15FO5S. The van der Waals surface area contributed by atoms with E-state index in [1.807, 2.05) is 0 Å². The van der Waals surface area contributed by atoms with Crippen molar-refractivity contribution in [2.45, 2.75) is 17.7 Å². The van der Waals surface area contributed by atoms with Gasteiger partial charge in [-0.3, -0.25) is 0 Å². The predicted octanol–water partition coefficient (Wildman–Crippen LogP) is 1.72. The number of hydrogen-bond acceptors (Lipinski definition) is 4. The third kappa shape index (κ3) is 4.29. The summed E-state index contributed by atoms with van der Waals surface area (Å²) in [4.78, 5) is 10.6. The van der Waals surface area contributed by atoms with Crippen LogP contribution >= 0.6 is 0 Å². The van der Waals surface area contributed by atoms with Crippen LogP contribution in [0.4, 0.5) is 4.39 Å². The van der Waals surface area contributed by atoms with Gasteiger partial charge in [0.05, 0.1) is 16.2 Å². The third-order valence-electron chi connectivity index (χ3n) is 2.54. The number of hydrogen-bond donors (Lipinski definition) is 1. The summed E-state index contributed by atoms with van der Waals surface area (Å²) in [5.41, 5.74) is -0.641. The number of unbranched alkanes of at least 4 members (excludes halogenated alkanes) is 1. The van der Waals surface area contributed by atoms with E-state index in [0.29, 0.717) is 19.4 Å². The molecule has 1 rings (SSSR count). The van der Waals surface area contributed by atoms with Gasteiger partial charge in [-0.15, -0.1) is 0 Å². The molecule has 1 aromatic carbocycles. The van der Waals surface area contributed by atoms with Crippen LogP contribution in [0.15, 0.2) is 23.1 Å². The van der Waals surface area contributed by atoms with E-state index in [-0.39, 0.29) is 10.6 Å². The van der Waals surface area contributed by atoms with Crippen LogP contribution in [0.1, 0.15) is 23.2 Å². The molecule has 0 bridgehead atoms. The SMILES string of the molecule is COCCCCS(=O)(=O)c1ccc(F)c(C(=O)O)c1. The molecule has 7 heteroatoms. The number of carbonyl (C=O) groups is 1. The number of aromatic carboxylic acids is 1. The van der Waals surface area contributed by atoms with Crippen molar-refractivity contribution in [2.24, 2.45) is 0 Å². The molecule has 0 aromatic heterocycles. The minimum absolute atomic E-state index is 0.124. The topological polar surface area (TPSA) is 80.7 Å². The monoisotopic (exact) mass is 290 g/mol. The summed E-state index contributed by atoms with van der Waals surface area (Å²) in [5, 5.41) is 8.75. The van der Waals surface area contributed by atoms with Crippen LogP contribution in [0, 0.1) is 5.82 Å². The summed E-state index contributed by atoms with van der Waals surface area (Å²) in [7, 11) is -2.08. The van der Waals surface area contributed by atoms with Gasteiger partial charge in [-0.1, -0.05) is 0 Å². The minimum Gasteiger partial charge on any atom is -0.478 e. The average molecular weight is 290 g/mol. The molecule has 0 amide bonds. The van der Waals surface area contributed by atoms with E-state index < -0.39 is 27.2 Å². The number of methoxy groups -OCH3 is 1. The van der Waals surface area contributed by atoms with Crippen LogP contribution in [0.2, 0.25) is 0 Å². The highest BCUT2D eigenvalue weighted by molar-refractivity contribution is 7.91. The van der Waals surface area contributed by atoms with E-state index in [0.717, 1.165) is 18.2 Å². The first-order valence-corrected chi connectivity index (χ1v) is 7.28. The molecule has 0 fully saturated rings. The van der Waals surface area contributed by atoms with Crippen LogP contribution in [-0.4, -0.2) is 39.0 Å². The van der Waals surface area contributed by atoms with Gasteiger partial charge in [0.25, 0.3) is 0 Å². The maximum absolute atomic E-state index is 13.2. The molecule has 0 aliphatic carbocycles. The molecule has 5 nitrogen and oxygen atoms in total. The summed E-state index contributed by atoms with van der Waals surface area (Å²) in [6.45, 7) is 0.458. The first kappa shape index (κ1) is 15.6. The maximum atomic E-state index is 13.2. The summed E-state index contributed by atoms with van der Waals surface area (Å²) >= 11 is 0. The van der Waals surface area contributed by atoms with Crippen LogP contribution in [0.5, 0.6) is 0 Å². The highest BCUT2D eigenvalue weighted by Gasteiger charge is 2.18. The van der Waals surface area contributed by atoms with Crippen molar-refractivity contribution >= 4 is 15.8 Å². The number of halogens is 1. The number of benzene rings is 1. The summed E-state index contributed by atoms with van der Waals surface area (Å²) in [6.07, 6.45) is 0.985. The van der Waals surface area contributed by atoms with Crippen molar-refractivity contribution in [2.75, 3.05) is 19.5 Å². The summed E-state index contributed by atoms with van der Waals surface area (Å²) < 4.78 is 41.8. The van der Waals surface area contributed by atoms with Crippen LogP contribution in [0.25, 0.3) is 0 Å². The summed E-state index contributed by atoms with van der Waals surface area (Å²) in [6, 6.07) is 2.78. The minimum atomic E-state index is -3.60. The Morgan fingerprint density at radius 3 is 2.63 bits per heavy atom. The molecule has 0 saturated carbocycles.